The van der Waals surface area contributed by atoms with E-state index in [2.05, 4.69) is 20.9 Å². The predicted molar refractivity (Wildman–Crippen MR) is 158 cm³/mol. The van der Waals surface area contributed by atoms with Gasteiger partial charge in [0.2, 0.25) is 5.95 Å². The fourth-order valence-corrected chi connectivity index (χ4v) is 5.65. The van der Waals surface area contributed by atoms with Gasteiger partial charge in [0.1, 0.15) is 11.6 Å². The van der Waals surface area contributed by atoms with Crippen LogP contribution in [0, 0.1) is 0 Å². The third-order valence-corrected chi connectivity index (χ3v) is 7.74. The number of urea groups is 1. The van der Waals surface area contributed by atoms with Gasteiger partial charge in [-0.2, -0.15) is 9.97 Å². The number of hydrogen-bond acceptors (Lipinski definition) is 7. The molecule has 2 amide bonds. The number of imidazole rings is 1. The van der Waals surface area contributed by atoms with Crippen molar-refractivity contribution in [3.05, 3.63) is 65.4 Å². The second-order valence-electron chi connectivity index (χ2n) is 10.4. The Bertz CT molecular complexity index is 1550. The minimum atomic E-state index is -2.78. The highest BCUT2D eigenvalue weighted by atomic mass is 35.5. The third-order valence-electron chi connectivity index (χ3n) is 7.50. The summed E-state index contributed by atoms with van der Waals surface area (Å²) < 4.78 is 35.2. The van der Waals surface area contributed by atoms with Crippen LogP contribution >= 0.6 is 11.6 Å². The third kappa shape index (κ3) is 6.39. The molecule has 0 radical (unpaired) electrons. The number of carbonyl (C=O) groups excluding carboxylic acids is 1. The molecule has 3 heterocycles. The van der Waals surface area contributed by atoms with Crippen LogP contribution in [0.15, 0.2) is 54.6 Å². The van der Waals surface area contributed by atoms with Crippen LogP contribution in [-0.2, 0) is 4.74 Å². The lowest BCUT2D eigenvalue weighted by molar-refractivity contribution is 0.122. The number of para-hydroxylation sites is 2. The topological polar surface area (TPSA) is 109 Å². The van der Waals surface area contributed by atoms with Gasteiger partial charge in [-0.05, 0) is 56.0 Å². The Morgan fingerprint density at radius 2 is 1.71 bits per heavy atom. The van der Waals surface area contributed by atoms with Crippen LogP contribution in [0.2, 0.25) is 5.02 Å². The fourth-order valence-electron chi connectivity index (χ4n) is 5.46. The Labute approximate surface area is 246 Å². The van der Waals surface area contributed by atoms with Crippen molar-refractivity contribution in [3.63, 3.8) is 0 Å². The minimum absolute atomic E-state index is 0.0259. The molecule has 0 bridgehead atoms. The molecule has 1 saturated carbocycles. The number of nitrogens with one attached hydrogen (secondary N) is 3. The first kappa shape index (κ1) is 28.1. The number of fused-ring (bicyclic) bond motifs is 1. The number of ether oxygens (including phenoxy) is 1. The summed E-state index contributed by atoms with van der Waals surface area (Å²) in [6, 6.07) is 15.6. The average molecular weight is 597 g/mol. The molecule has 220 valence electrons. The monoisotopic (exact) mass is 596 g/mol. The maximum Gasteiger partial charge on any atom is 0.319 e. The standard InChI is InChI=1S/C29H31ClF2N8O2/c30-18-4-3-5-21(16-18)35-29(41)34-20-10-8-19(9-11-20)33-24-17-25(38-28(37-24)39-12-14-42-15-13-39)40-23-7-2-1-6-22(23)36-27(40)26(31)32/h1-7,16-17,19-20,26H,8-15H2,(H,33,37,38)(H2,34,35,41)/t19-,20-. The molecule has 2 aliphatic rings. The number of hydrogen-bond donors (Lipinski definition) is 3. The number of morpholine rings is 1. The maximum absolute atomic E-state index is 14.1. The molecule has 4 aromatic rings. The Balaban J connectivity index is 1.19. The second kappa shape index (κ2) is 12.5. The summed E-state index contributed by atoms with van der Waals surface area (Å²) in [4.78, 5) is 28.2. The molecule has 2 aromatic carbocycles. The van der Waals surface area contributed by atoms with Crippen molar-refractivity contribution in [1.82, 2.24) is 24.8 Å². The van der Waals surface area contributed by atoms with Gasteiger partial charge in [-0.1, -0.05) is 29.8 Å². The van der Waals surface area contributed by atoms with Crippen molar-refractivity contribution in [3.8, 4) is 5.82 Å². The summed E-state index contributed by atoms with van der Waals surface area (Å²) in [5.41, 5.74) is 1.65. The molecule has 6 rings (SSSR count). The first-order valence-electron chi connectivity index (χ1n) is 14.0. The van der Waals surface area contributed by atoms with E-state index in [9.17, 15) is 13.6 Å². The molecule has 2 aromatic heterocycles. The molecule has 0 spiro atoms. The van der Waals surface area contributed by atoms with Gasteiger partial charge >= 0.3 is 6.03 Å². The molecule has 1 aliphatic carbocycles. The number of amides is 2. The predicted octanol–water partition coefficient (Wildman–Crippen LogP) is 5.79. The number of benzene rings is 2. The van der Waals surface area contributed by atoms with Gasteiger partial charge in [0.05, 0.1) is 24.2 Å². The molecule has 3 N–H and O–H groups in total. The van der Waals surface area contributed by atoms with Crippen LogP contribution in [0.1, 0.15) is 37.9 Å². The van der Waals surface area contributed by atoms with E-state index < -0.39 is 6.43 Å². The zero-order valence-electron chi connectivity index (χ0n) is 22.8. The Hall–Kier alpha value is -4.03. The molecule has 2 fully saturated rings. The van der Waals surface area contributed by atoms with Crippen molar-refractivity contribution in [2.75, 3.05) is 41.8 Å². The molecular formula is C29H31ClF2N8O2. The molecule has 13 heteroatoms. The Kier molecular flexibility index (Phi) is 8.34. The average Bonchev–Trinajstić information content (AvgIpc) is 3.39. The van der Waals surface area contributed by atoms with Crippen LogP contribution in [-0.4, -0.2) is 63.9 Å². The van der Waals surface area contributed by atoms with Gasteiger partial charge in [0, 0.05) is 41.9 Å². The van der Waals surface area contributed by atoms with E-state index in [4.69, 9.17) is 26.3 Å². The van der Waals surface area contributed by atoms with E-state index >= 15 is 0 Å². The van der Waals surface area contributed by atoms with Crippen molar-refractivity contribution < 1.29 is 18.3 Å². The van der Waals surface area contributed by atoms with Gasteiger partial charge in [0.25, 0.3) is 6.43 Å². The lowest BCUT2D eigenvalue weighted by Gasteiger charge is -2.31. The second-order valence-corrected chi connectivity index (χ2v) is 10.8. The number of halogens is 3. The van der Waals surface area contributed by atoms with Crippen molar-refractivity contribution in [1.29, 1.82) is 0 Å². The Morgan fingerprint density at radius 1 is 0.952 bits per heavy atom. The number of anilines is 3. The molecule has 1 aliphatic heterocycles. The highest BCUT2D eigenvalue weighted by molar-refractivity contribution is 6.30. The van der Waals surface area contributed by atoms with Crippen LogP contribution in [0.3, 0.4) is 0 Å². The van der Waals surface area contributed by atoms with E-state index in [1.165, 1.54) is 4.57 Å². The SMILES string of the molecule is O=C(Nc1cccc(Cl)c1)N[C@H]1CC[C@H](Nc2cc(-n3c(C(F)F)nc4ccccc43)nc(N3CCOCC3)n2)CC1. The van der Waals surface area contributed by atoms with E-state index in [1.54, 1.807) is 54.6 Å². The zero-order chi connectivity index (χ0) is 29.1. The largest absolute Gasteiger partial charge is 0.378 e. The highest BCUT2D eigenvalue weighted by Crippen LogP contribution is 2.30. The Morgan fingerprint density at radius 3 is 2.48 bits per heavy atom. The van der Waals surface area contributed by atoms with Gasteiger partial charge in [-0.25, -0.2) is 18.6 Å². The lowest BCUT2D eigenvalue weighted by atomic mass is 9.91. The lowest BCUT2D eigenvalue weighted by Crippen LogP contribution is -2.42. The molecule has 10 nitrogen and oxygen atoms in total. The quantitative estimate of drug-likeness (QED) is 0.248. The summed E-state index contributed by atoms with van der Waals surface area (Å²) >= 11 is 6.01. The van der Waals surface area contributed by atoms with E-state index in [0.29, 0.717) is 65.6 Å². The van der Waals surface area contributed by atoms with Crippen molar-refractivity contribution in [2.24, 2.45) is 0 Å². The van der Waals surface area contributed by atoms with Crippen LogP contribution in [0.4, 0.5) is 31.0 Å². The molecule has 42 heavy (non-hydrogen) atoms. The summed E-state index contributed by atoms with van der Waals surface area (Å²) in [5, 5.41) is 9.92. The van der Waals surface area contributed by atoms with Gasteiger partial charge < -0.3 is 25.6 Å². The van der Waals surface area contributed by atoms with Crippen molar-refractivity contribution in [2.45, 2.75) is 44.2 Å². The normalized spacial score (nSPS) is 19.2. The van der Waals surface area contributed by atoms with E-state index in [-0.39, 0.29) is 23.9 Å². The maximum atomic E-state index is 14.1. The summed E-state index contributed by atoms with van der Waals surface area (Å²) in [7, 11) is 0. The number of carbonyl (C=O) groups is 1. The summed E-state index contributed by atoms with van der Waals surface area (Å²) in [6.45, 7) is 2.27. The molecule has 0 atom stereocenters. The van der Waals surface area contributed by atoms with E-state index in [1.807, 2.05) is 4.90 Å². The molecule has 0 unspecified atom stereocenters. The molecule has 1 saturated heterocycles. The van der Waals surface area contributed by atoms with Gasteiger partial charge in [-0.3, -0.25) is 4.57 Å². The first-order chi connectivity index (χ1) is 20.4. The smallest absolute Gasteiger partial charge is 0.319 e. The minimum Gasteiger partial charge on any atom is -0.378 e. The number of rotatable bonds is 7. The van der Waals surface area contributed by atoms with Gasteiger partial charge in [0.15, 0.2) is 5.82 Å². The number of alkyl halides is 2. The van der Waals surface area contributed by atoms with Crippen LogP contribution < -0.4 is 20.9 Å². The first-order valence-corrected chi connectivity index (χ1v) is 14.4. The van der Waals surface area contributed by atoms with Crippen LogP contribution in [0.25, 0.3) is 16.9 Å². The van der Waals surface area contributed by atoms with Crippen molar-refractivity contribution >= 4 is 46.1 Å². The zero-order valence-corrected chi connectivity index (χ0v) is 23.5. The summed E-state index contributed by atoms with van der Waals surface area (Å²) in [5.74, 6) is 0.960. The number of aromatic nitrogens is 4. The van der Waals surface area contributed by atoms with Gasteiger partial charge in [-0.15, -0.1) is 0 Å². The molecular weight excluding hydrogens is 566 g/mol. The summed E-state index contributed by atoms with van der Waals surface area (Å²) in [6.07, 6.45) is 0.358. The number of nitrogens with zero attached hydrogens (tertiary/aromatic N) is 5. The highest BCUT2D eigenvalue weighted by Gasteiger charge is 2.26. The van der Waals surface area contributed by atoms with E-state index in [0.717, 1.165) is 25.7 Å². The van der Waals surface area contributed by atoms with Crippen LogP contribution in [0.5, 0.6) is 0 Å². The fraction of sp³-hybridized carbons (Fsp3) is 0.379.